The number of carbonyl (C=O) groups excluding carboxylic acids is 2. The first-order chi connectivity index (χ1) is 30.0. The quantitative estimate of drug-likeness (QED) is 0.0322. The molecule has 0 aromatic heterocycles. The van der Waals surface area contributed by atoms with Gasteiger partial charge in [0.15, 0.2) is 0 Å². The van der Waals surface area contributed by atoms with Crippen LogP contribution in [0.5, 0.6) is 0 Å². The van der Waals surface area contributed by atoms with Crippen molar-refractivity contribution in [2.24, 2.45) is 0 Å². The van der Waals surface area contributed by atoms with Crippen LogP contribution in [0.15, 0.2) is 24.3 Å². The number of aliphatic hydroxyl groups is 2. The van der Waals surface area contributed by atoms with E-state index in [-0.39, 0.29) is 18.5 Å². The number of ether oxygens (including phenoxy) is 1. The minimum absolute atomic E-state index is 0.00969. The zero-order valence-electron chi connectivity index (χ0n) is 40.9. The first-order valence-corrected chi connectivity index (χ1v) is 27.1. The molecule has 1 amide bonds. The van der Waals surface area contributed by atoms with Crippen LogP contribution in [0.4, 0.5) is 0 Å². The van der Waals surface area contributed by atoms with Gasteiger partial charge < -0.3 is 20.3 Å². The van der Waals surface area contributed by atoms with Gasteiger partial charge in [-0.15, -0.1) is 0 Å². The number of nitrogens with one attached hydrogen (secondary N) is 1. The molecule has 0 aromatic rings. The molecule has 0 bridgehead atoms. The number of esters is 1. The summed E-state index contributed by atoms with van der Waals surface area (Å²) in [7, 11) is 0. The molecule has 0 rings (SSSR count). The molecule has 0 saturated heterocycles. The topological polar surface area (TPSA) is 95.9 Å². The van der Waals surface area contributed by atoms with Gasteiger partial charge in [-0.05, 0) is 57.8 Å². The van der Waals surface area contributed by atoms with E-state index in [1.54, 1.807) is 6.08 Å². The lowest BCUT2D eigenvalue weighted by Crippen LogP contribution is -2.45. The summed E-state index contributed by atoms with van der Waals surface area (Å²) in [5.74, 6) is -0.0672. The maximum atomic E-state index is 12.4. The van der Waals surface area contributed by atoms with Crippen molar-refractivity contribution in [2.75, 3.05) is 13.2 Å². The van der Waals surface area contributed by atoms with Crippen LogP contribution in [0.25, 0.3) is 0 Å². The largest absolute Gasteiger partial charge is 0.466 e. The molecule has 360 valence electrons. The summed E-state index contributed by atoms with van der Waals surface area (Å²) >= 11 is 0. The SMILES string of the molecule is CCCCCCCCCC/C=C/C(O)C(CO)NC(=O)CCCCCCCCC/C=C\CCCCCCCCCCCCCOC(=O)CCCCCCCCCCCCCC. The molecule has 6 heteroatoms. The monoisotopic (exact) mass is 860 g/mol. The lowest BCUT2D eigenvalue weighted by Gasteiger charge is -2.20. The van der Waals surface area contributed by atoms with E-state index in [9.17, 15) is 19.8 Å². The van der Waals surface area contributed by atoms with E-state index in [2.05, 4.69) is 31.3 Å². The Labute approximate surface area is 380 Å². The minimum Gasteiger partial charge on any atom is -0.466 e. The van der Waals surface area contributed by atoms with E-state index in [0.717, 1.165) is 44.9 Å². The lowest BCUT2D eigenvalue weighted by atomic mass is 10.0. The Bertz CT molecular complexity index is 951. The Morgan fingerprint density at radius 1 is 0.443 bits per heavy atom. The Hall–Kier alpha value is -1.66. The molecule has 61 heavy (non-hydrogen) atoms. The highest BCUT2D eigenvalue weighted by molar-refractivity contribution is 5.76. The van der Waals surface area contributed by atoms with Gasteiger partial charge in [-0.25, -0.2) is 0 Å². The van der Waals surface area contributed by atoms with Gasteiger partial charge >= 0.3 is 5.97 Å². The van der Waals surface area contributed by atoms with Gasteiger partial charge in [0.05, 0.1) is 25.4 Å². The van der Waals surface area contributed by atoms with Crippen LogP contribution in [0, 0.1) is 0 Å². The van der Waals surface area contributed by atoms with Crippen LogP contribution in [-0.2, 0) is 14.3 Å². The molecule has 0 aliphatic rings. The van der Waals surface area contributed by atoms with Crippen LogP contribution in [0.3, 0.4) is 0 Å². The smallest absolute Gasteiger partial charge is 0.305 e. The molecular formula is C55H105NO5. The lowest BCUT2D eigenvalue weighted by molar-refractivity contribution is -0.143. The second kappa shape index (κ2) is 51.0. The van der Waals surface area contributed by atoms with E-state index in [4.69, 9.17) is 4.74 Å². The molecular weight excluding hydrogens is 755 g/mol. The number of aliphatic hydroxyl groups excluding tert-OH is 2. The number of allylic oxidation sites excluding steroid dienone is 3. The van der Waals surface area contributed by atoms with E-state index in [1.165, 1.54) is 218 Å². The second-order valence-electron chi connectivity index (χ2n) is 18.6. The van der Waals surface area contributed by atoms with Crippen LogP contribution < -0.4 is 5.32 Å². The van der Waals surface area contributed by atoms with E-state index < -0.39 is 12.1 Å². The summed E-state index contributed by atoms with van der Waals surface area (Å²) in [5.41, 5.74) is 0. The maximum Gasteiger partial charge on any atom is 0.305 e. The third kappa shape index (κ3) is 47.7. The third-order valence-corrected chi connectivity index (χ3v) is 12.5. The van der Waals surface area contributed by atoms with E-state index >= 15 is 0 Å². The number of hydrogen-bond acceptors (Lipinski definition) is 5. The fourth-order valence-electron chi connectivity index (χ4n) is 8.27. The van der Waals surface area contributed by atoms with Gasteiger partial charge in [-0.1, -0.05) is 244 Å². The summed E-state index contributed by atoms with van der Waals surface area (Å²) in [6.07, 6.45) is 60.5. The van der Waals surface area contributed by atoms with Crippen LogP contribution in [0.1, 0.15) is 290 Å². The standard InChI is InChI=1S/C55H105NO5/c1-3-5-7-9-11-13-15-29-33-37-41-45-49-55(60)61-50-46-42-38-34-30-27-25-23-21-19-17-16-18-20-22-24-26-28-32-36-40-44-48-54(59)56-52(51-57)53(58)47-43-39-35-31-14-12-10-8-6-4-2/h18,20,43,47,52-53,57-58H,3-17,19,21-42,44-46,48-51H2,1-2H3,(H,56,59)/b20-18-,47-43+. The normalized spacial score (nSPS) is 12.8. The first-order valence-electron chi connectivity index (χ1n) is 27.1. The van der Waals surface area contributed by atoms with Gasteiger partial charge in [-0.3, -0.25) is 9.59 Å². The number of unbranched alkanes of at least 4 members (excludes halogenated alkanes) is 37. The van der Waals surface area contributed by atoms with Crippen molar-refractivity contribution >= 4 is 11.9 Å². The molecule has 2 atom stereocenters. The maximum absolute atomic E-state index is 12.4. The van der Waals surface area contributed by atoms with E-state index in [0.29, 0.717) is 19.4 Å². The summed E-state index contributed by atoms with van der Waals surface area (Å²) < 4.78 is 5.46. The highest BCUT2D eigenvalue weighted by atomic mass is 16.5. The predicted octanol–water partition coefficient (Wildman–Crippen LogP) is 16.3. The number of carbonyl (C=O) groups is 2. The number of amides is 1. The summed E-state index contributed by atoms with van der Waals surface area (Å²) in [4.78, 5) is 24.4. The zero-order chi connectivity index (χ0) is 44.4. The van der Waals surface area contributed by atoms with Crippen LogP contribution >= 0.6 is 0 Å². The molecule has 6 nitrogen and oxygen atoms in total. The molecule has 0 spiro atoms. The average molecular weight is 860 g/mol. The second-order valence-corrected chi connectivity index (χ2v) is 18.6. The number of hydrogen-bond donors (Lipinski definition) is 3. The molecule has 0 fully saturated rings. The Kier molecular flexibility index (Phi) is 49.6. The van der Waals surface area contributed by atoms with Gasteiger partial charge in [0, 0.05) is 12.8 Å². The van der Waals surface area contributed by atoms with Crippen molar-refractivity contribution in [2.45, 2.75) is 302 Å². The van der Waals surface area contributed by atoms with Crippen molar-refractivity contribution in [1.29, 1.82) is 0 Å². The van der Waals surface area contributed by atoms with Gasteiger partial charge in [0.25, 0.3) is 0 Å². The van der Waals surface area contributed by atoms with Crippen molar-refractivity contribution in [3.63, 3.8) is 0 Å². The predicted molar refractivity (Wildman–Crippen MR) is 264 cm³/mol. The molecule has 3 N–H and O–H groups in total. The highest BCUT2D eigenvalue weighted by Gasteiger charge is 2.18. The van der Waals surface area contributed by atoms with Gasteiger partial charge in [0.1, 0.15) is 0 Å². The highest BCUT2D eigenvalue weighted by Crippen LogP contribution is 2.16. The van der Waals surface area contributed by atoms with Crippen molar-refractivity contribution < 1.29 is 24.5 Å². The Morgan fingerprint density at radius 3 is 1.16 bits per heavy atom. The number of rotatable bonds is 50. The molecule has 0 aliphatic carbocycles. The molecule has 0 aromatic carbocycles. The molecule has 0 aliphatic heterocycles. The fourth-order valence-corrected chi connectivity index (χ4v) is 8.27. The summed E-state index contributed by atoms with van der Waals surface area (Å²) in [6.45, 7) is 4.88. The Morgan fingerprint density at radius 2 is 0.770 bits per heavy atom. The summed E-state index contributed by atoms with van der Waals surface area (Å²) in [6, 6.07) is -0.630. The van der Waals surface area contributed by atoms with Crippen molar-refractivity contribution in [1.82, 2.24) is 5.32 Å². The van der Waals surface area contributed by atoms with Crippen molar-refractivity contribution in [3.8, 4) is 0 Å². The zero-order valence-corrected chi connectivity index (χ0v) is 40.9. The first kappa shape index (κ1) is 59.3. The van der Waals surface area contributed by atoms with Crippen molar-refractivity contribution in [3.05, 3.63) is 24.3 Å². The van der Waals surface area contributed by atoms with Crippen LogP contribution in [0.2, 0.25) is 0 Å². The molecule has 0 saturated carbocycles. The van der Waals surface area contributed by atoms with Crippen LogP contribution in [-0.4, -0.2) is 47.4 Å². The fraction of sp³-hybridized carbons (Fsp3) is 0.891. The molecule has 2 unspecified atom stereocenters. The molecule has 0 radical (unpaired) electrons. The minimum atomic E-state index is -0.846. The van der Waals surface area contributed by atoms with Gasteiger partial charge in [0.2, 0.25) is 5.91 Å². The Balaban J connectivity index is 3.41. The third-order valence-electron chi connectivity index (χ3n) is 12.5. The molecule has 0 heterocycles. The average Bonchev–Trinajstić information content (AvgIpc) is 3.26. The van der Waals surface area contributed by atoms with Gasteiger partial charge in [-0.2, -0.15) is 0 Å². The van der Waals surface area contributed by atoms with E-state index in [1.807, 2.05) is 6.08 Å². The summed E-state index contributed by atoms with van der Waals surface area (Å²) in [5, 5.41) is 22.9.